The molecule has 0 atom stereocenters. The molecule has 0 saturated carbocycles. The van der Waals surface area contributed by atoms with Crippen LogP contribution in [0.4, 0.5) is 0 Å². The second-order valence-electron chi connectivity index (χ2n) is 5.42. The van der Waals surface area contributed by atoms with Crippen molar-refractivity contribution >= 4 is 30.0 Å². The van der Waals surface area contributed by atoms with Crippen molar-refractivity contribution in [2.24, 2.45) is 5.73 Å². The van der Waals surface area contributed by atoms with E-state index in [1.165, 1.54) is 11.3 Å². The first-order valence-corrected chi connectivity index (χ1v) is 8.29. The molecule has 0 spiro atoms. The Morgan fingerprint density at radius 3 is 1.83 bits per heavy atom. The van der Waals surface area contributed by atoms with E-state index in [0.29, 0.717) is 30.8 Å². The summed E-state index contributed by atoms with van der Waals surface area (Å²) in [6.07, 6.45) is 8.87. The summed E-state index contributed by atoms with van der Waals surface area (Å²) in [4.78, 5) is 38.2. The van der Waals surface area contributed by atoms with E-state index in [0.717, 1.165) is 25.1 Å². The maximum Gasteiger partial charge on any atom is 0.328 e. The topological polar surface area (TPSA) is 193 Å². The monoisotopic (exact) mass is 409 g/mol. The summed E-state index contributed by atoms with van der Waals surface area (Å²) in [6, 6.07) is 0. The summed E-state index contributed by atoms with van der Waals surface area (Å²) in [7, 11) is 0. The van der Waals surface area contributed by atoms with Crippen molar-refractivity contribution in [1.29, 1.82) is 0 Å². The van der Waals surface area contributed by atoms with Crippen molar-refractivity contribution in [3.8, 4) is 0 Å². The normalized spacial score (nSPS) is 11.8. The summed E-state index contributed by atoms with van der Waals surface area (Å²) in [5.74, 6) is -5.03. The zero-order valence-corrected chi connectivity index (χ0v) is 15.7. The molecule has 1 aromatic rings. The third kappa shape index (κ3) is 11.6. The van der Waals surface area contributed by atoms with Gasteiger partial charge in [0.1, 0.15) is 0 Å². The molecule has 0 unspecified atom stereocenters. The number of carbonyl (C=O) groups is 4. The molecule has 0 radical (unpaired) electrons. The van der Waals surface area contributed by atoms with Crippen molar-refractivity contribution < 1.29 is 39.6 Å². The fourth-order valence-electron chi connectivity index (χ4n) is 2.13. The summed E-state index contributed by atoms with van der Waals surface area (Å²) in [6.45, 7) is 3.55. The smallest absolute Gasteiger partial charge is 0.328 e. The Kier molecular flexibility index (Phi) is 11.7. The first kappa shape index (κ1) is 25.3. The molecule has 2 rings (SSSR count). The van der Waals surface area contributed by atoms with Gasteiger partial charge in [-0.05, 0) is 25.8 Å². The molecule has 1 aliphatic carbocycles. The number of carboxylic acids is 4. The third-order valence-electron chi connectivity index (χ3n) is 3.21. The first-order chi connectivity index (χ1) is 13.6. The van der Waals surface area contributed by atoms with Crippen molar-refractivity contribution in [3.63, 3.8) is 0 Å². The number of fused-ring (bicyclic) bond motifs is 1. The predicted octanol–water partition coefficient (Wildman–Crippen LogP) is 0.533. The van der Waals surface area contributed by atoms with Crippen molar-refractivity contribution in [1.82, 2.24) is 9.78 Å². The second kappa shape index (κ2) is 13.4. The number of hydrogen-bond donors (Lipinski definition) is 5. The molecule has 0 aromatic carbocycles. The van der Waals surface area contributed by atoms with Gasteiger partial charge in [-0.2, -0.15) is 5.10 Å². The average Bonchev–Trinajstić information content (AvgIpc) is 2.96. The van der Waals surface area contributed by atoms with Gasteiger partial charge >= 0.3 is 23.9 Å². The van der Waals surface area contributed by atoms with Crippen LogP contribution in [0.25, 0.3) is 6.08 Å². The molecular formula is C18H23N3O8. The van der Waals surface area contributed by atoms with Crippen LogP contribution < -0.4 is 5.73 Å². The lowest BCUT2D eigenvalue weighted by atomic mass is 10.0. The van der Waals surface area contributed by atoms with Crippen LogP contribution in [0.5, 0.6) is 0 Å². The van der Waals surface area contributed by atoms with E-state index in [1.807, 2.05) is 4.68 Å². The Labute approximate surface area is 166 Å². The van der Waals surface area contributed by atoms with Crippen molar-refractivity contribution in [3.05, 3.63) is 47.3 Å². The quantitative estimate of drug-likeness (QED) is 0.414. The van der Waals surface area contributed by atoms with Crippen LogP contribution in [0.3, 0.4) is 0 Å². The number of aryl methyl sites for hydroxylation is 1. The summed E-state index contributed by atoms with van der Waals surface area (Å²) < 4.78 is 2.01. The van der Waals surface area contributed by atoms with Crippen LogP contribution in [-0.4, -0.2) is 60.6 Å². The molecule has 0 aliphatic heterocycles. The molecule has 0 amide bonds. The van der Waals surface area contributed by atoms with Crippen LogP contribution in [0.15, 0.2) is 30.4 Å². The minimum atomic E-state index is -1.26. The van der Waals surface area contributed by atoms with E-state index >= 15 is 0 Å². The van der Waals surface area contributed by atoms with Gasteiger partial charge in [-0.1, -0.05) is 6.08 Å². The van der Waals surface area contributed by atoms with E-state index in [-0.39, 0.29) is 0 Å². The minimum Gasteiger partial charge on any atom is -0.478 e. The molecule has 1 aromatic heterocycles. The molecule has 0 bridgehead atoms. The summed E-state index contributed by atoms with van der Waals surface area (Å²) >= 11 is 0. The van der Waals surface area contributed by atoms with Gasteiger partial charge in [0.05, 0.1) is 17.9 Å². The standard InChI is InChI=1S/C10H15N3.2C4H4O4/c1-8-9-4-2-3-5-10(9)13(12-8)7-6-11;2*5-3(6)1-2-4(7)8/h3,5H,2,4,6-7,11H2,1H3;2*1-2H,(H,5,6)(H,7,8)/b;2*2-1-. The zero-order chi connectivity index (χ0) is 22.4. The lowest BCUT2D eigenvalue weighted by molar-refractivity contribution is -0.134. The molecule has 11 nitrogen and oxygen atoms in total. The first-order valence-electron chi connectivity index (χ1n) is 8.29. The summed E-state index contributed by atoms with van der Waals surface area (Å²) in [5.41, 5.74) is 9.34. The number of aliphatic carboxylic acids is 4. The maximum atomic E-state index is 9.55. The molecule has 29 heavy (non-hydrogen) atoms. The molecule has 1 aliphatic rings. The molecule has 158 valence electrons. The Morgan fingerprint density at radius 2 is 1.45 bits per heavy atom. The minimum absolute atomic E-state index is 0.558. The van der Waals surface area contributed by atoms with Gasteiger partial charge in [0, 0.05) is 36.4 Å². The van der Waals surface area contributed by atoms with Crippen LogP contribution in [0.2, 0.25) is 0 Å². The Balaban J connectivity index is 0.000000432. The van der Waals surface area contributed by atoms with Crippen LogP contribution in [-0.2, 0) is 32.1 Å². The number of nitrogens with zero attached hydrogens (tertiary/aromatic N) is 2. The van der Waals surface area contributed by atoms with Gasteiger partial charge in [-0.15, -0.1) is 0 Å². The highest BCUT2D eigenvalue weighted by Gasteiger charge is 2.14. The Morgan fingerprint density at radius 1 is 1.00 bits per heavy atom. The number of carboxylic acid groups (broad SMARTS) is 4. The Hall–Kier alpha value is -3.73. The maximum absolute atomic E-state index is 9.55. The van der Waals surface area contributed by atoms with Crippen molar-refractivity contribution in [2.45, 2.75) is 26.3 Å². The number of nitrogens with two attached hydrogens (primary N) is 1. The molecular weight excluding hydrogens is 386 g/mol. The Bertz CT molecular complexity index is 755. The second-order valence-corrected chi connectivity index (χ2v) is 5.42. The van der Waals surface area contributed by atoms with E-state index in [9.17, 15) is 19.2 Å². The molecule has 11 heteroatoms. The zero-order valence-electron chi connectivity index (χ0n) is 15.7. The average molecular weight is 409 g/mol. The number of hydrogen-bond acceptors (Lipinski definition) is 6. The van der Waals surface area contributed by atoms with E-state index in [1.54, 1.807) is 0 Å². The van der Waals surface area contributed by atoms with Crippen LogP contribution in [0.1, 0.15) is 23.4 Å². The van der Waals surface area contributed by atoms with E-state index < -0.39 is 23.9 Å². The molecule has 0 saturated heterocycles. The fraction of sp³-hybridized carbons (Fsp3) is 0.278. The SMILES string of the molecule is Cc1nn(CCN)c2c1CCC=C2.O=C(O)/C=C\C(=O)O.O=C(O)/C=C\C(=O)O. The predicted molar refractivity (Wildman–Crippen MR) is 102 cm³/mol. The van der Waals surface area contributed by atoms with Crippen molar-refractivity contribution in [2.75, 3.05) is 6.54 Å². The summed E-state index contributed by atoms with van der Waals surface area (Å²) in [5, 5.41) is 35.7. The highest BCUT2D eigenvalue weighted by molar-refractivity contribution is 5.90. The van der Waals surface area contributed by atoms with E-state index in [2.05, 4.69) is 24.2 Å². The highest BCUT2D eigenvalue weighted by Crippen LogP contribution is 2.21. The molecule has 0 fully saturated rings. The van der Waals surface area contributed by atoms with Gasteiger partial charge < -0.3 is 26.2 Å². The third-order valence-corrected chi connectivity index (χ3v) is 3.21. The highest BCUT2D eigenvalue weighted by atomic mass is 16.4. The lowest BCUT2D eigenvalue weighted by Crippen LogP contribution is -2.13. The van der Waals surface area contributed by atoms with Gasteiger partial charge in [-0.25, -0.2) is 19.2 Å². The lowest BCUT2D eigenvalue weighted by Gasteiger charge is -2.07. The van der Waals surface area contributed by atoms with Crippen LogP contribution in [0, 0.1) is 6.92 Å². The largest absolute Gasteiger partial charge is 0.478 e. The van der Waals surface area contributed by atoms with Crippen LogP contribution >= 0.6 is 0 Å². The van der Waals surface area contributed by atoms with Gasteiger partial charge in [0.2, 0.25) is 0 Å². The number of rotatable bonds is 6. The number of allylic oxidation sites excluding steroid dienone is 1. The van der Waals surface area contributed by atoms with Gasteiger partial charge in [0.25, 0.3) is 0 Å². The number of aromatic nitrogens is 2. The van der Waals surface area contributed by atoms with E-state index in [4.69, 9.17) is 26.2 Å². The molecule has 1 heterocycles. The van der Waals surface area contributed by atoms with Gasteiger partial charge in [0.15, 0.2) is 0 Å². The fourth-order valence-corrected chi connectivity index (χ4v) is 2.13. The van der Waals surface area contributed by atoms with Gasteiger partial charge in [-0.3, -0.25) is 4.68 Å². The molecule has 6 N–H and O–H groups in total.